The largest absolute Gasteiger partial charge is 0.325 e. The van der Waals surface area contributed by atoms with Crippen LogP contribution in [0.3, 0.4) is 0 Å². The third-order valence-corrected chi connectivity index (χ3v) is 3.53. The first-order chi connectivity index (χ1) is 8.00. The van der Waals surface area contributed by atoms with Crippen molar-refractivity contribution in [3.63, 3.8) is 0 Å². The molecule has 17 heavy (non-hydrogen) atoms. The van der Waals surface area contributed by atoms with Crippen LogP contribution in [0.4, 0.5) is 4.39 Å². The topological polar surface area (TPSA) is 43.1 Å². The van der Waals surface area contributed by atoms with Gasteiger partial charge in [0.1, 0.15) is 5.82 Å². The monoisotopic (exact) mass is 235 g/mol. The van der Waals surface area contributed by atoms with Crippen LogP contribution >= 0.6 is 0 Å². The van der Waals surface area contributed by atoms with Crippen LogP contribution in [0.15, 0.2) is 18.2 Å². The molecule has 0 heterocycles. The Labute approximate surface area is 101 Å². The lowest BCUT2D eigenvalue weighted by atomic mass is 9.89. The number of ketones is 1. The number of nitrogens with two attached hydrogens (primary N) is 1. The molecule has 1 fully saturated rings. The van der Waals surface area contributed by atoms with E-state index in [0.29, 0.717) is 0 Å². The zero-order valence-corrected chi connectivity index (χ0v) is 10.1. The second-order valence-electron chi connectivity index (χ2n) is 5.15. The summed E-state index contributed by atoms with van der Waals surface area (Å²) in [6, 6.07) is 4.62. The van der Waals surface area contributed by atoms with E-state index in [0.717, 1.165) is 31.2 Å². The van der Waals surface area contributed by atoms with Gasteiger partial charge in [-0.15, -0.1) is 0 Å². The maximum atomic E-state index is 13.6. The first-order valence-corrected chi connectivity index (χ1v) is 6.08. The van der Waals surface area contributed by atoms with Crippen LogP contribution in [0, 0.1) is 12.7 Å². The Hall–Kier alpha value is -1.22. The summed E-state index contributed by atoms with van der Waals surface area (Å²) in [5.74, 6) is -0.613. The fourth-order valence-electron chi connectivity index (χ4n) is 2.52. The summed E-state index contributed by atoms with van der Waals surface area (Å²) in [5.41, 5.74) is 6.81. The molecule has 1 saturated carbocycles. The van der Waals surface area contributed by atoms with Gasteiger partial charge < -0.3 is 5.73 Å². The normalized spacial score (nSPS) is 18.3. The first kappa shape index (κ1) is 12.2. The first-order valence-electron chi connectivity index (χ1n) is 6.08. The van der Waals surface area contributed by atoms with Crippen LogP contribution in [-0.4, -0.2) is 11.3 Å². The van der Waals surface area contributed by atoms with Crippen molar-refractivity contribution in [2.45, 2.75) is 44.6 Å². The van der Waals surface area contributed by atoms with Gasteiger partial charge in [0, 0.05) is 12.0 Å². The van der Waals surface area contributed by atoms with E-state index in [4.69, 9.17) is 5.73 Å². The van der Waals surface area contributed by atoms with Gasteiger partial charge in [-0.1, -0.05) is 24.5 Å². The van der Waals surface area contributed by atoms with Gasteiger partial charge in [-0.25, -0.2) is 4.39 Å². The number of hydrogen-bond donors (Lipinski definition) is 1. The molecule has 0 aromatic heterocycles. The molecule has 3 heteroatoms. The molecule has 2 nitrogen and oxygen atoms in total. The Kier molecular flexibility index (Phi) is 3.29. The lowest BCUT2D eigenvalue weighted by Gasteiger charge is -2.22. The van der Waals surface area contributed by atoms with Crippen molar-refractivity contribution in [1.82, 2.24) is 0 Å². The number of Topliss-reactive ketones (excluding diaryl/α,β-unsaturated/α-hetero) is 1. The van der Waals surface area contributed by atoms with Gasteiger partial charge in [0.15, 0.2) is 5.78 Å². The van der Waals surface area contributed by atoms with Crippen molar-refractivity contribution in [1.29, 1.82) is 0 Å². The number of halogens is 1. The highest BCUT2D eigenvalue weighted by Gasteiger charge is 2.32. The van der Waals surface area contributed by atoms with Crippen LogP contribution in [-0.2, 0) is 0 Å². The average Bonchev–Trinajstić information content (AvgIpc) is 2.68. The SMILES string of the molecule is Cc1ccc(F)c(C(=O)CC2(N)CCCC2)c1. The molecule has 1 aliphatic rings. The molecule has 0 aliphatic heterocycles. The summed E-state index contributed by atoms with van der Waals surface area (Å²) >= 11 is 0. The third-order valence-electron chi connectivity index (χ3n) is 3.53. The van der Waals surface area contributed by atoms with Gasteiger partial charge in [0.25, 0.3) is 0 Å². The van der Waals surface area contributed by atoms with E-state index < -0.39 is 11.4 Å². The number of carbonyl (C=O) groups excluding carboxylic acids is 1. The molecule has 0 spiro atoms. The summed E-state index contributed by atoms with van der Waals surface area (Å²) in [7, 11) is 0. The van der Waals surface area contributed by atoms with E-state index in [1.165, 1.54) is 6.07 Å². The Morgan fingerprint density at radius 3 is 2.71 bits per heavy atom. The fourth-order valence-corrected chi connectivity index (χ4v) is 2.52. The molecule has 0 unspecified atom stereocenters. The van der Waals surface area contributed by atoms with Crippen molar-refractivity contribution >= 4 is 5.78 Å². The highest BCUT2D eigenvalue weighted by molar-refractivity contribution is 5.97. The Balaban J connectivity index is 2.17. The molecule has 0 amide bonds. The fraction of sp³-hybridized carbons (Fsp3) is 0.500. The van der Waals surface area contributed by atoms with Gasteiger partial charge in [0.05, 0.1) is 5.56 Å². The Morgan fingerprint density at radius 1 is 1.41 bits per heavy atom. The van der Waals surface area contributed by atoms with E-state index in [9.17, 15) is 9.18 Å². The van der Waals surface area contributed by atoms with Crippen LogP contribution in [0.1, 0.15) is 48.0 Å². The molecule has 1 aliphatic carbocycles. The second-order valence-corrected chi connectivity index (χ2v) is 5.15. The summed E-state index contributed by atoms with van der Waals surface area (Å²) in [6.07, 6.45) is 4.13. The maximum Gasteiger partial charge on any atom is 0.167 e. The van der Waals surface area contributed by atoms with Gasteiger partial charge in [-0.05, 0) is 31.9 Å². The zero-order chi connectivity index (χ0) is 12.5. The van der Waals surface area contributed by atoms with Gasteiger partial charge in [-0.3, -0.25) is 4.79 Å². The van der Waals surface area contributed by atoms with E-state index in [1.54, 1.807) is 12.1 Å². The minimum absolute atomic E-state index is 0.171. The Morgan fingerprint density at radius 2 is 2.06 bits per heavy atom. The molecular formula is C14H18FNO. The lowest BCUT2D eigenvalue weighted by molar-refractivity contribution is 0.0948. The van der Waals surface area contributed by atoms with Crippen molar-refractivity contribution in [3.05, 3.63) is 35.1 Å². The van der Waals surface area contributed by atoms with Gasteiger partial charge in [0.2, 0.25) is 0 Å². The summed E-state index contributed by atoms with van der Waals surface area (Å²) in [5, 5.41) is 0. The van der Waals surface area contributed by atoms with Crippen molar-refractivity contribution < 1.29 is 9.18 Å². The molecular weight excluding hydrogens is 217 g/mol. The molecule has 2 N–H and O–H groups in total. The predicted molar refractivity (Wildman–Crippen MR) is 65.5 cm³/mol. The van der Waals surface area contributed by atoms with Crippen LogP contribution in [0.2, 0.25) is 0 Å². The number of carbonyl (C=O) groups is 1. The smallest absolute Gasteiger partial charge is 0.167 e. The van der Waals surface area contributed by atoms with E-state index in [2.05, 4.69) is 0 Å². The minimum Gasteiger partial charge on any atom is -0.325 e. The number of hydrogen-bond acceptors (Lipinski definition) is 2. The van der Waals surface area contributed by atoms with Crippen molar-refractivity contribution in [3.8, 4) is 0 Å². The molecule has 92 valence electrons. The summed E-state index contributed by atoms with van der Waals surface area (Å²) in [4.78, 5) is 12.1. The van der Waals surface area contributed by atoms with Gasteiger partial charge in [-0.2, -0.15) is 0 Å². The molecule has 0 radical (unpaired) electrons. The van der Waals surface area contributed by atoms with E-state index >= 15 is 0 Å². The number of aryl methyl sites for hydroxylation is 1. The molecule has 2 rings (SSSR count). The van der Waals surface area contributed by atoms with Crippen molar-refractivity contribution in [2.75, 3.05) is 0 Å². The molecule has 0 atom stereocenters. The third kappa shape index (κ3) is 2.72. The van der Waals surface area contributed by atoms with Crippen LogP contribution in [0.5, 0.6) is 0 Å². The summed E-state index contributed by atoms with van der Waals surface area (Å²) < 4.78 is 13.6. The Bertz CT molecular complexity index is 436. The lowest BCUT2D eigenvalue weighted by Crippen LogP contribution is -2.38. The minimum atomic E-state index is -0.442. The van der Waals surface area contributed by atoms with Crippen LogP contribution in [0.25, 0.3) is 0 Å². The van der Waals surface area contributed by atoms with E-state index in [1.807, 2.05) is 6.92 Å². The predicted octanol–water partition coefficient (Wildman–Crippen LogP) is 2.98. The average molecular weight is 235 g/mol. The van der Waals surface area contributed by atoms with E-state index in [-0.39, 0.29) is 17.8 Å². The molecule has 1 aromatic rings. The maximum absolute atomic E-state index is 13.6. The molecule has 1 aromatic carbocycles. The molecule has 0 saturated heterocycles. The van der Waals surface area contributed by atoms with Gasteiger partial charge >= 0.3 is 0 Å². The van der Waals surface area contributed by atoms with Crippen LogP contribution < -0.4 is 5.73 Å². The van der Waals surface area contributed by atoms with Crippen molar-refractivity contribution in [2.24, 2.45) is 5.73 Å². The highest BCUT2D eigenvalue weighted by atomic mass is 19.1. The number of rotatable bonds is 3. The number of benzene rings is 1. The zero-order valence-electron chi connectivity index (χ0n) is 10.1. The second kappa shape index (κ2) is 4.57. The highest BCUT2D eigenvalue weighted by Crippen LogP contribution is 2.31. The quantitative estimate of drug-likeness (QED) is 0.818. The summed E-state index contributed by atoms with van der Waals surface area (Å²) in [6.45, 7) is 1.85. The molecule has 0 bridgehead atoms. The standard InChI is InChI=1S/C14H18FNO/c1-10-4-5-12(15)11(8-10)13(17)9-14(16)6-2-3-7-14/h4-5,8H,2-3,6-7,9,16H2,1H3.